The topological polar surface area (TPSA) is 100 Å². The predicted octanol–water partition coefficient (Wildman–Crippen LogP) is 1.70. The lowest BCUT2D eigenvalue weighted by atomic mass is 10.1. The highest BCUT2D eigenvalue weighted by molar-refractivity contribution is 7.90. The van der Waals surface area contributed by atoms with Crippen LogP contribution in [0.25, 0.3) is 22.3 Å². The molecule has 0 aliphatic heterocycles. The van der Waals surface area contributed by atoms with E-state index in [9.17, 15) is 18.3 Å². The highest BCUT2D eigenvalue weighted by Gasteiger charge is 2.14. The Morgan fingerprint density at radius 2 is 1.86 bits per heavy atom. The lowest BCUT2D eigenvalue weighted by molar-refractivity contribution is 0.476. The van der Waals surface area contributed by atoms with Gasteiger partial charge in [-0.25, -0.2) is 13.4 Å². The molecule has 0 amide bonds. The number of para-hydroxylation sites is 1. The van der Waals surface area contributed by atoms with E-state index in [1.54, 1.807) is 24.3 Å². The zero-order valence-corrected chi connectivity index (χ0v) is 12.4. The average Bonchev–Trinajstić information content (AvgIpc) is 2.46. The van der Waals surface area contributed by atoms with Gasteiger partial charge in [0.2, 0.25) is 0 Å². The van der Waals surface area contributed by atoms with Crippen LogP contribution in [0.1, 0.15) is 0 Å². The van der Waals surface area contributed by atoms with Crippen LogP contribution in [-0.4, -0.2) is 29.7 Å². The molecule has 3 rings (SSSR count). The first-order valence-electron chi connectivity index (χ1n) is 6.39. The lowest BCUT2D eigenvalue weighted by Gasteiger charge is -2.07. The molecule has 0 aliphatic carbocycles. The second kappa shape index (κ2) is 4.96. The monoisotopic (exact) mass is 316 g/mol. The van der Waals surface area contributed by atoms with Crippen molar-refractivity contribution in [1.82, 2.24) is 9.97 Å². The van der Waals surface area contributed by atoms with Crippen LogP contribution in [0.2, 0.25) is 0 Å². The van der Waals surface area contributed by atoms with Gasteiger partial charge >= 0.3 is 0 Å². The molecule has 0 atom stereocenters. The molecule has 1 aromatic heterocycles. The number of nitrogens with zero attached hydrogens (tertiary/aromatic N) is 1. The van der Waals surface area contributed by atoms with Gasteiger partial charge in [-0.3, -0.25) is 4.79 Å². The first-order valence-corrected chi connectivity index (χ1v) is 8.28. The number of aromatic nitrogens is 2. The number of hydrogen-bond acceptors (Lipinski definition) is 5. The van der Waals surface area contributed by atoms with Gasteiger partial charge in [0, 0.05) is 6.26 Å². The van der Waals surface area contributed by atoms with E-state index in [1.165, 1.54) is 18.2 Å². The van der Waals surface area contributed by atoms with Gasteiger partial charge in [-0.1, -0.05) is 12.1 Å². The number of phenolic OH excluding ortho intramolecular Hbond substituents is 1. The number of rotatable bonds is 2. The molecule has 22 heavy (non-hydrogen) atoms. The van der Waals surface area contributed by atoms with Crippen molar-refractivity contribution >= 4 is 20.7 Å². The minimum atomic E-state index is -3.43. The third-order valence-electron chi connectivity index (χ3n) is 3.26. The molecule has 1 heterocycles. The third kappa shape index (κ3) is 2.46. The summed E-state index contributed by atoms with van der Waals surface area (Å²) in [6, 6.07) is 10.6. The molecule has 0 aliphatic rings. The van der Waals surface area contributed by atoms with E-state index in [0.29, 0.717) is 10.9 Å². The molecule has 0 fully saturated rings. The van der Waals surface area contributed by atoms with Crippen LogP contribution in [0.15, 0.2) is 52.2 Å². The highest BCUT2D eigenvalue weighted by atomic mass is 32.2. The van der Waals surface area contributed by atoms with Crippen LogP contribution >= 0.6 is 0 Å². The van der Waals surface area contributed by atoms with Crippen molar-refractivity contribution in [3.63, 3.8) is 0 Å². The third-order valence-corrected chi connectivity index (χ3v) is 4.37. The van der Waals surface area contributed by atoms with Crippen LogP contribution in [0.5, 0.6) is 5.75 Å². The fraction of sp³-hybridized carbons (Fsp3) is 0.0667. The van der Waals surface area contributed by atoms with Gasteiger partial charge in [-0.05, 0) is 30.3 Å². The smallest absolute Gasteiger partial charge is 0.259 e. The number of H-pyrrole nitrogens is 1. The molecular formula is C15H12N2O4S. The molecular weight excluding hydrogens is 304 g/mol. The number of benzene rings is 2. The molecule has 0 saturated carbocycles. The zero-order valence-electron chi connectivity index (χ0n) is 11.6. The van der Waals surface area contributed by atoms with E-state index in [4.69, 9.17) is 0 Å². The fourth-order valence-electron chi connectivity index (χ4n) is 2.15. The highest BCUT2D eigenvalue weighted by Crippen LogP contribution is 2.29. The summed E-state index contributed by atoms with van der Waals surface area (Å²) in [7, 11) is -3.43. The zero-order chi connectivity index (χ0) is 15.9. The maximum atomic E-state index is 12.1. The minimum absolute atomic E-state index is 0.0381. The first-order chi connectivity index (χ1) is 10.4. The summed E-state index contributed by atoms with van der Waals surface area (Å²) in [5.41, 5.74) is 0.265. The van der Waals surface area contributed by atoms with Crippen LogP contribution in [0.4, 0.5) is 0 Å². The fourth-order valence-corrected chi connectivity index (χ4v) is 2.80. The molecule has 2 N–H and O–H groups in total. The van der Waals surface area contributed by atoms with Crippen molar-refractivity contribution in [3.8, 4) is 17.1 Å². The molecule has 3 aromatic rings. The van der Waals surface area contributed by atoms with Gasteiger partial charge in [-0.2, -0.15) is 0 Å². The second-order valence-corrected chi connectivity index (χ2v) is 6.90. The van der Waals surface area contributed by atoms with Crippen molar-refractivity contribution in [3.05, 3.63) is 52.8 Å². The number of fused-ring (bicyclic) bond motifs is 1. The summed E-state index contributed by atoms with van der Waals surface area (Å²) in [6.07, 6.45) is 1.07. The maximum Gasteiger partial charge on any atom is 0.259 e. The van der Waals surface area contributed by atoms with Crippen molar-refractivity contribution in [1.29, 1.82) is 0 Å². The standard InChI is InChI=1S/C15H12N2O4S/c1-22(20,21)9-6-7-13(18)11(8-9)14-16-12-5-3-2-4-10(12)15(19)17-14/h2-8,18H,1H3,(H,16,17,19). The molecule has 7 heteroatoms. The summed E-state index contributed by atoms with van der Waals surface area (Å²) >= 11 is 0. The molecule has 0 bridgehead atoms. The molecule has 6 nitrogen and oxygen atoms in total. The number of aromatic amines is 1. The number of sulfone groups is 1. The molecule has 112 valence electrons. The number of phenols is 1. The van der Waals surface area contributed by atoms with Crippen molar-refractivity contribution in [2.75, 3.05) is 6.26 Å². The van der Waals surface area contributed by atoms with Crippen LogP contribution in [0.3, 0.4) is 0 Å². The second-order valence-electron chi connectivity index (χ2n) is 4.88. The molecule has 0 unspecified atom stereocenters. The Bertz CT molecular complexity index is 1040. The first kappa shape index (κ1) is 14.3. The normalized spacial score (nSPS) is 11.7. The van der Waals surface area contributed by atoms with Gasteiger partial charge in [0.25, 0.3) is 5.56 Å². The SMILES string of the molecule is CS(=O)(=O)c1ccc(O)c(-c2nc3ccccc3c(=O)[nH]2)c1. The van der Waals surface area contributed by atoms with E-state index in [2.05, 4.69) is 9.97 Å². The van der Waals surface area contributed by atoms with Crippen LogP contribution < -0.4 is 5.56 Å². The number of nitrogens with one attached hydrogen (secondary N) is 1. The molecule has 0 radical (unpaired) electrons. The molecule has 0 spiro atoms. The van der Waals surface area contributed by atoms with Crippen molar-refractivity contribution in [2.24, 2.45) is 0 Å². The molecule has 2 aromatic carbocycles. The largest absolute Gasteiger partial charge is 0.507 e. The van der Waals surface area contributed by atoms with Crippen molar-refractivity contribution < 1.29 is 13.5 Å². The van der Waals surface area contributed by atoms with E-state index < -0.39 is 9.84 Å². The summed E-state index contributed by atoms with van der Waals surface area (Å²) < 4.78 is 23.3. The lowest BCUT2D eigenvalue weighted by Crippen LogP contribution is -2.09. The average molecular weight is 316 g/mol. The summed E-state index contributed by atoms with van der Waals surface area (Å²) in [4.78, 5) is 19.0. The predicted molar refractivity (Wildman–Crippen MR) is 82.6 cm³/mol. The summed E-state index contributed by atoms with van der Waals surface area (Å²) in [5, 5.41) is 10.4. The van der Waals surface area contributed by atoms with E-state index in [0.717, 1.165) is 6.26 Å². The Kier molecular flexibility index (Phi) is 3.22. The Labute approximate surface area is 126 Å². The quantitative estimate of drug-likeness (QED) is 0.749. The van der Waals surface area contributed by atoms with Crippen molar-refractivity contribution in [2.45, 2.75) is 4.90 Å². The van der Waals surface area contributed by atoms with Gasteiger partial charge in [0.05, 0.1) is 21.4 Å². The van der Waals surface area contributed by atoms with E-state index in [1.807, 2.05) is 0 Å². The van der Waals surface area contributed by atoms with Gasteiger partial charge in [-0.15, -0.1) is 0 Å². The number of aromatic hydroxyl groups is 1. The molecule has 0 saturated heterocycles. The Balaban J connectivity index is 2.30. The van der Waals surface area contributed by atoms with E-state index >= 15 is 0 Å². The Morgan fingerprint density at radius 1 is 1.14 bits per heavy atom. The minimum Gasteiger partial charge on any atom is -0.507 e. The van der Waals surface area contributed by atoms with Gasteiger partial charge < -0.3 is 10.1 Å². The number of hydrogen-bond donors (Lipinski definition) is 2. The summed E-state index contributed by atoms with van der Waals surface area (Å²) in [5.74, 6) is -0.0440. The van der Waals surface area contributed by atoms with Gasteiger partial charge in [0.1, 0.15) is 11.6 Å². The maximum absolute atomic E-state index is 12.1. The van der Waals surface area contributed by atoms with Crippen LogP contribution in [0, 0.1) is 0 Å². The Hall–Kier alpha value is -2.67. The van der Waals surface area contributed by atoms with Gasteiger partial charge in [0.15, 0.2) is 9.84 Å². The van der Waals surface area contributed by atoms with Crippen LogP contribution in [-0.2, 0) is 9.84 Å². The van der Waals surface area contributed by atoms with E-state index in [-0.39, 0.29) is 27.6 Å². The summed E-state index contributed by atoms with van der Waals surface area (Å²) in [6.45, 7) is 0. The Morgan fingerprint density at radius 3 is 2.59 bits per heavy atom.